The molecule has 138 valence electrons. The van der Waals surface area contributed by atoms with Crippen LogP contribution >= 0.6 is 0 Å². The molecular weight excluding hydrogens is 312 g/mol. The first-order chi connectivity index (χ1) is 12.1. The minimum absolute atomic E-state index is 0.00850. The van der Waals surface area contributed by atoms with Crippen molar-refractivity contribution in [2.45, 2.75) is 76.4 Å². The zero-order chi connectivity index (χ0) is 17.8. The fourth-order valence-electron chi connectivity index (χ4n) is 4.27. The molecule has 1 N–H and O–H groups in total. The van der Waals surface area contributed by atoms with E-state index < -0.39 is 0 Å². The van der Waals surface area contributed by atoms with Crippen LogP contribution in [-0.4, -0.2) is 46.8 Å². The maximum absolute atomic E-state index is 12.6. The molecule has 25 heavy (non-hydrogen) atoms. The lowest BCUT2D eigenvalue weighted by Gasteiger charge is -2.29. The smallest absolute Gasteiger partial charge is 0.274 e. The number of carbonyl (C=O) groups is 1. The summed E-state index contributed by atoms with van der Waals surface area (Å²) in [7, 11) is 3.59. The molecule has 0 spiro atoms. The molecule has 1 atom stereocenters. The summed E-state index contributed by atoms with van der Waals surface area (Å²) in [5.74, 6) is 0.00850. The lowest BCUT2D eigenvalue weighted by Crippen LogP contribution is -2.42. The largest absolute Gasteiger partial charge is 0.343 e. The quantitative estimate of drug-likeness (QED) is 0.660. The number of fused-ring (bicyclic) bond motifs is 1. The molecule has 1 heterocycles. The van der Waals surface area contributed by atoms with Gasteiger partial charge in [0.1, 0.15) is 0 Å². The highest BCUT2D eigenvalue weighted by atomic mass is 16.2. The average molecular weight is 345 g/mol. The van der Waals surface area contributed by atoms with Crippen molar-refractivity contribution in [1.29, 1.82) is 0 Å². The van der Waals surface area contributed by atoms with E-state index in [-0.39, 0.29) is 5.91 Å². The number of nitrogens with one attached hydrogen (secondary N) is 1. The summed E-state index contributed by atoms with van der Waals surface area (Å²) in [4.78, 5) is 14.2. The van der Waals surface area contributed by atoms with Crippen molar-refractivity contribution < 1.29 is 4.79 Å². The Morgan fingerprint density at radius 3 is 2.60 bits per heavy atom. The summed E-state index contributed by atoms with van der Waals surface area (Å²) in [5.41, 5.74) is 3.01. The highest BCUT2D eigenvalue weighted by Gasteiger charge is 2.30. The standard InChI is InChI=1S/C20H32N4O/c1-4-13-24-18-12-11-16(21-15-9-7-5-6-8-10-15)14-17(18)19(22-24)20(25)23(2)3/h4,15-16,21H,1,5-14H2,2-3H3. The Balaban J connectivity index is 1.78. The van der Waals surface area contributed by atoms with Gasteiger partial charge in [-0.3, -0.25) is 9.48 Å². The SMILES string of the molecule is C=CCn1nc(C(=O)N(C)C)c2c1CCC(NC1CCCCCC1)C2. The van der Waals surface area contributed by atoms with Crippen molar-refractivity contribution >= 4 is 5.91 Å². The van der Waals surface area contributed by atoms with Gasteiger partial charge in [-0.15, -0.1) is 6.58 Å². The van der Waals surface area contributed by atoms with Gasteiger partial charge >= 0.3 is 0 Å². The van der Waals surface area contributed by atoms with Gasteiger partial charge in [0.15, 0.2) is 5.69 Å². The van der Waals surface area contributed by atoms with Gasteiger partial charge in [-0.05, 0) is 32.1 Å². The van der Waals surface area contributed by atoms with Crippen LogP contribution in [0.5, 0.6) is 0 Å². The van der Waals surface area contributed by atoms with Crippen molar-refractivity contribution in [3.05, 3.63) is 29.6 Å². The summed E-state index contributed by atoms with van der Waals surface area (Å²) < 4.78 is 1.97. The molecule has 1 saturated carbocycles. The monoisotopic (exact) mass is 344 g/mol. The van der Waals surface area contributed by atoms with Crippen LogP contribution in [0.15, 0.2) is 12.7 Å². The fourth-order valence-corrected chi connectivity index (χ4v) is 4.27. The van der Waals surface area contributed by atoms with Gasteiger partial charge in [0, 0.05) is 37.4 Å². The third-order valence-electron chi connectivity index (χ3n) is 5.58. The minimum atomic E-state index is 0.00850. The number of carbonyl (C=O) groups excluding carboxylic acids is 1. The molecule has 3 rings (SSSR count). The number of allylic oxidation sites excluding steroid dienone is 1. The molecule has 5 heteroatoms. The van der Waals surface area contributed by atoms with Crippen LogP contribution in [0.3, 0.4) is 0 Å². The number of aromatic nitrogens is 2. The van der Waals surface area contributed by atoms with Gasteiger partial charge in [0.2, 0.25) is 0 Å². The molecule has 1 fully saturated rings. The maximum atomic E-state index is 12.6. The van der Waals surface area contributed by atoms with Gasteiger partial charge < -0.3 is 10.2 Å². The molecule has 1 unspecified atom stereocenters. The van der Waals surface area contributed by atoms with Crippen molar-refractivity contribution in [3.63, 3.8) is 0 Å². The van der Waals surface area contributed by atoms with E-state index in [0.717, 1.165) is 24.8 Å². The normalized spacial score (nSPS) is 21.4. The Hall–Kier alpha value is -1.62. The molecule has 0 radical (unpaired) electrons. The van der Waals surface area contributed by atoms with E-state index in [1.54, 1.807) is 19.0 Å². The number of hydrogen-bond donors (Lipinski definition) is 1. The first-order valence-electron chi connectivity index (χ1n) is 9.77. The Bertz CT molecular complexity index is 611. The van der Waals surface area contributed by atoms with Crippen molar-refractivity contribution in [2.24, 2.45) is 0 Å². The van der Waals surface area contributed by atoms with Crippen LogP contribution in [-0.2, 0) is 19.4 Å². The zero-order valence-electron chi connectivity index (χ0n) is 15.8. The van der Waals surface area contributed by atoms with Crippen LogP contribution < -0.4 is 5.32 Å². The van der Waals surface area contributed by atoms with E-state index >= 15 is 0 Å². The first kappa shape index (κ1) is 18.2. The maximum Gasteiger partial charge on any atom is 0.274 e. The van der Waals surface area contributed by atoms with Crippen LogP contribution in [0.1, 0.15) is 66.7 Å². The van der Waals surface area contributed by atoms with E-state index in [4.69, 9.17) is 0 Å². The molecule has 2 aliphatic carbocycles. The highest BCUT2D eigenvalue weighted by molar-refractivity contribution is 5.93. The zero-order valence-corrected chi connectivity index (χ0v) is 15.8. The van der Waals surface area contributed by atoms with Gasteiger partial charge in [0.25, 0.3) is 5.91 Å². The summed E-state index contributed by atoms with van der Waals surface area (Å²) in [5, 5.41) is 8.52. The van der Waals surface area contributed by atoms with Crippen LogP contribution in [0.2, 0.25) is 0 Å². The van der Waals surface area contributed by atoms with Crippen molar-refractivity contribution in [3.8, 4) is 0 Å². The number of rotatable bonds is 5. The van der Waals surface area contributed by atoms with Gasteiger partial charge in [-0.25, -0.2) is 0 Å². The Labute approximate surface area is 151 Å². The van der Waals surface area contributed by atoms with Gasteiger partial charge in [-0.2, -0.15) is 5.10 Å². The number of nitrogens with zero attached hydrogens (tertiary/aromatic N) is 3. The molecule has 0 aromatic carbocycles. The predicted molar refractivity (Wildman–Crippen MR) is 101 cm³/mol. The second kappa shape index (κ2) is 8.17. The average Bonchev–Trinajstić information content (AvgIpc) is 2.77. The third-order valence-corrected chi connectivity index (χ3v) is 5.58. The summed E-state index contributed by atoms with van der Waals surface area (Å²) in [6.45, 7) is 4.50. The lowest BCUT2D eigenvalue weighted by molar-refractivity contribution is 0.0820. The first-order valence-corrected chi connectivity index (χ1v) is 9.77. The van der Waals surface area contributed by atoms with E-state index in [0.29, 0.717) is 24.3 Å². The third kappa shape index (κ3) is 4.14. The van der Waals surface area contributed by atoms with Crippen molar-refractivity contribution in [1.82, 2.24) is 20.0 Å². The fraction of sp³-hybridized carbons (Fsp3) is 0.700. The minimum Gasteiger partial charge on any atom is -0.343 e. The summed E-state index contributed by atoms with van der Waals surface area (Å²) in [6, 6.07) is 1.11. The van der Waals surface area contributed by atoms with Crippen LogP contribution in [0, 0.1) is 0 Å². The second-order valence-corrected chi connectivity index (χ2v) is 7.74. The molecule has 0 bridgehead atoms. The Morgan fingerprint density at radius 1 is 1.24 bits per heavy atom. The molecular formula is C20H32N4O. The van der Waals surface area contributed by atoms with E-state index in [2.05, 4.69) is 17.0 Å². The van der Waals surface area contributed by atoms with E-state index in [1.807, 2.05) is 10.8 Å². The Kier molecular flexibility index (Phi) is 5.94. The van der Waals surface area contributed by atoms with Crippen LogP contribution in [0.4, 0.5) is 0 Å². The topological polar surface area (TPSA) is 50.2 Å². The number of hydrogen-bond acceptors (Lipinski definition) is 3. The molecule has 0 saturated heterocycles. The van der Waals surface area contributed by atoms with Gasteiger partial charge in [0.05, 0.1) is 6.54 Å². The van der Waals surface area contributed by atoms with Crippen LogP contribution in [0.25, 0.3) is 0 Å². The number of amides is 1. The highest BCUT2D eigenvalue weighted by Crippen LogP contribution is 2.27. The van der Waals surface area contributed by atoms with Gasteiger partial charge in [-0.1, -0.05) is 31.8 Å². The lowest BCUT2D eigenvalue weighted by atomic mass is 9.90. The summed E-state index contributed by atoms with van der Waals surface area (Å²) in [6.07, 6.45) is 12.9. The van der Waals surface area contributed by atoms with Crippen molar-refractivity contribution in [2.75, 3.05) is 14.1 Å². The van der Waals surface area contributed by atoms with E-state index in [1.165, 1.54) is 44.2 Å². The molecule has 1 amide bonds. The molecule has 0 aliphatic heterocycles. The molecule has 5 nitrogen and oxygen atoms in total. The molecule has 2 aliphatic rings. The predicted octanol–water partition coefficient (Wildman–Crippen LogP) is 2.94. The summed E-state index contributed by atoms with van der Waals surface area (Å²) >= 11 is 0. The Morgan fingerprint density at radius 2 is 1.96 bits per heavy atom. The second-order valence-electron chi connectivity index (χ2n) is 7.74. The molecule has 1 aromatic heterocycles. The van der Waals surface area contributed by atoms with E-state index in [9.17, 15) is 4.79 Å². The molecule has 1 aromatic rings.